The van der Waals surface area contributed by atoms with Crippen LogP contribution in [0.25, 0.3) is 0 Å². The summed E-state index contributed by atoms with van der Waals surface area (Å²) >= 11 is 0. The van der Waals surface area contributed by atoms with Crippen LogP contribution in [0.1, 0.15) is 32.8 Å². The van der Waals surface area contributed by atoms with Crippen LogP contribution in [0.4, 0.5) is 5.69 Å². The van der Waals surface area contributed by atoms with E-state index >= 15 is 0 Å². The predicted octanol–water partition coefficient (Wildman–Crippen LogP) is 0.0127. The molecular formula is C22H26N4O7. The summed E-state index contributed by atoms with van der Waals surface area (Å²) in [5, 5.41) is 7.63. The maximum absolute atomic E-state index is 12.3. The van der Waals surface area contributed by atoms with Crippen LogP contribution in [0.15, 0.2) is 36.4 Å². The first-order valence-electron chi connectivity index (χ1n) is 10.2. The number of hydrogen-bond acceptors (Lipinski definition) is 7. The molecule has 2 rings (SSSR count). The Morgan fingerprint density at radius 2 is 1.48 bits per heavy atom. The monoisotopic (exact) mass is 458 g/mol. The summed E-state index contributed by atoms with van der Waals surface area (Å²) in [5.41, 5.74) is 1.25. The average molecular weight is 458 g/mol. The second-order valence-electron chi connectivity index (χ2n) is 7.40. The Morgan fingerprint density at radius 3 is 2.06 bits per heavy atom. The van der Waals surface area contributed by atoms with Gasteiger partial charge in [0.2, 0.25) is 17.7 Å². The van der Waals surface area contributed by atoms with E-state index in [-0.39, 0.29) is 19.6 Å². The van der Waals surface area contributed by atoms with E-state index in [4.69, 9.17) is 4.74 Å². The molecule has 2 atom stereocenters. The number of anilines is 1. The highest BCUT2D eigenvalue weighted by Gasteiger charge is 2.25. The molecule has 176 valence electrons. The van der Waals surface area contributed by atoms with Crippen molar-refractivity contribution in [2.75, 3.05) is 11.9 Å². The molecule has 1 aromatic carbocycles. The van der Waals surface area contributed by atoms with Crippen LogP contribution in [0.3, 0.4) is 0 Å². The predicted molar refractivity (Wildman–Crippen MR) is 116 cm³/mol. The molecule has 1 aliphatic heterocycles. The Bertz CT molecular complexity index is 953. The van der Waals surface area contributed by atoms with E-state index in [2.05, 4.69) is 16.0 Å². The number of ether oxygens (including phenoxy) is 1. The second-order valence-corrected chi connectivity index (χ2v) is 7.40. The smallest absolute Gasteiger partial charge is 0.302 e. The molecule has 0 bridgehead atoms. The molecule has 0 spiro atoms. The molecule has 1 aromatic rings. The minimum absolute atomic E-state index is 0.0939. The van der Waals surface area contributed by atoms with Gasteiger partial charge in [-0.2, -0.15) is 0 Å². The highest BCUT2D eigenvalue weighted by Crippen LogP contribution is 2.11. The molecule has 11 heteroatoms. The summed E-state index contributed by atoms with van der Waals surface area (Å²) in [6.07, 6.45) is 2.10. The van der Waals surface area contributed by atoms with Crippen molar-refractivity contribution in [2.24, 2.45) is 0 Å². The number of benzene rings is 1. The third kappa shape index (κ3) is 7.87. The molecule has 0 aromatic heterocycles. The normalized spacial score (nSPS) is 14.5. The molecule has 0 fully saturated rings. The fraction of sp³-hybridized carbons (Fsp3) is 0.364. The summed E-state index contributed by atoms with van der Waals surface area (Å²) in [5.74, 6) is -2.92. The van der Waals surface area contributed by atoms with Gasteiger partial charge < -0.3 is 20.7 Å². The highest BCUT2D eigenvalue weighted by atomic mass is 16.5. The van der Waals surface area contributed by atoms with Gasteiger partial charge in [0.15, 0.2) is 0 Å². The molecule has 3 N–H and O–H groups in total. The van der Waals surface area contributed by atoms with Gasteiger partial charge in [0.25, 0.3) is 11.8 Å². The molecule has 0 saturated heterocycles. The highest BCUT2D eigenvalue weighted by molar-refractivity contribution is 6.13. The minimum atomic E-state index is -0.934. The van der Waals surface area contributed by atoms with Crippen molar-refractivity contribution in [1.29, 1.82) is 0 Å². The van der Waals surface area contributed by atoms with E-state index in [1.54, 1.807) is 24.3 Å². The molecule has 0 aliphatic carbocycles. The maximum atomic E-state index is 12.3. The molecule has 0 radical (unpaired) electrons. The lowest BCUT2D eigenvalue weighted by Crippen LogP contribution is -2.50. The third-order valence-electron chi connectivity index (χ3n) is 4.65. The first kappa shape index (κ1) is 25.2. The van der Waals surface area contributed by atoms with Crippen LogP contribution < -0.4 is 16.0 Å². The number of imide groups is 1. The molecule has 1 aliphatic rings. The van der Waals surface area contributed by atoms with Gasteiger partial charge in [0.1, 0.15) is 18.7 Å². The average Bonchev–Trinajstić information content (AvgIpc) is 3.08. The number of hydrogen-bond donors (Lipinski definition) is 3. The number of nitrogens with zero attached hydrogens (tertiary/aromatic N) is 1. The number of carbonyl (C=O) groups excluding carboxylic acids is 6. The molecule has 33 heavy (non-hydrogen) atoms. The van der Waals surface area contributed by atoms with Gasteiger partial charge in [-0.1, -0.05) is 12.1 Å². The van der Waals surface area contributed by atoms with Crippen LogP contribution in [0.2, 0.25) is 0 Å². The number of nitrogens with one attached hydrogen (secondary N) is 3. The number of esters is 1. The SMILES string of the molecule is CC(=O)OCc1ccc(NC(=O)[C@H](C)NC(=O)[C@H](C)NC(=O)CCN2C(=O)C=CC2=O)cc1. The zero-order valence-corrected chi connectivity index (χ0v) is 18.5. The van der Waals surface area contributed by atoms with Crippen molar-refractivity contribution in [2.45, 2.75) is 45.9 Å². The van der Waals surface area contributed by atoms with Crippen LogP contribution in [-0.2, 0) is 40.1 Å². The van der Waals surface area contributed by atoms with Crippen LogP contribution in [0, 0.1) is 0 Å². The summed E-state index contributed by atoms with van der Waals surface area (Å²) in [6.45, 7) is 4.29. The van der Waals surface area contributed by atoms with Gasteiger partial charge in [-0.3, -0.25) is 33.7 Å². The summed E-state index contributed by atoms with van der Waals surface area (Å²) in [7, 11) is 0. The van der Waals surface area contributed by atoms with E-state index in [1.807, 2.05) is 0 Å². The van der Waals surface area contributed by atoms with Gasteiger partial charge in [-0.25, -0.2) is 0 Å². The molecule has 11 nitrogen and oxygen atoms in total. The fourth-order valence-electron chi connectivity index (χ4n) is 2.77. The molecule has 1 heterocycles. The minimum Gasteiger partial charge on any atom is -0.461 e. The lowest BCUT2D eigenvalue weighted by atomic mass is 10.2. The van der Waals surface area contributed by atoms with E-state index in [0.29, 0.717) is 5.69 Å². The second kappa shape index (κ2) is 11.6. The van der Waals surface area contributed by atoms with Crippen LogP contribution in [0.5, 0.6) is 0 Å². The third-order valence-corrected chi connectivity index (χ3v) is 4.65. The zero-order chi connectivity index (χ0) is 24.5. The van der Waals surface area contributed by atoms with Crippen molar-refractivity contribution in [3.05, 3.63) is 42.0 Å². The quantitative estimate of drug-likeness (QED) is 0.330. The van der Waals surface area contributed by atoms with E-state index in [1.165, 1.54) is 20.8 Å². The zero-order valence-electron chi connectivity index (χ0n) is 18.5. The summed E-state index contributed by atoms with van der Waals surface area (Å²) in [4.78, 5) is 71.4. The van der Waals surface area contributed by atoms with Gasteiger partial charge in [-0.05, 0) is 31.5 Å². The van der Waals surface area contributed by atoms with Gasteiger partial charge in [0.05, 0.1) is 0 Å². The van der Waals surface area contributed by atoms with E-state index < -0.39 is 47.6 Å². The van der Waals surface area contributed by atoms with Crippen LogP contribution in [-0.4, -0.2) is 59.0 Å². The van der Waals surface area contributed by atoms with Crippen molar-refractivity contribution < 1.29 is 33.5 Å². The first-order chi connectivity index (χ1) is 15.6. The largest absolute Gasteiger partial charge is 0.461 e. The van der Waals surface area contributed by atoms with Gasteiger partial charge in [0, 0.05) is 37.7 Å². The molecular weight excluding hydrogens is 432 g/mol. The number of amides is 5. The first-order valence-corrected chi connectivity index (χ1v) is 10.2. The topological polar surface area (TPSA) is 151 Å². The Labute approximate surface area is 190 Å². The lowest BCUT2D eigenvalue weighted by Gasteiger charge is -2.19. The standard InChI is InChI=1S/C22H26N4O7/c1-13(23-18(28)10-11-26-19(29)8-9-20(26)30)21(31)24-14(2)22(32)25-17-6-4-16(5-7-17)12-33-15(3)27/h4-9,13-14H,10-12H2,1-3H3,(H,23,28)(H,24,31)(H,25,32)/t13-,14-/m0/s1. The summed E-state index contributed by atoms with van der Waals surface area (Å²) in [6, 6.07) is 4.84. The Kier molecular flexibility index (Phi) is 8.84. The van der Waals surface area contributed by atoms with Crippen LogP contribution >= 0.6 is 0 Å². The maximum Gasteiger partial charge on any atom is 0.302 e. The molecule has 0 unspecified atom stereocenters. The Morgan fingerprint density at radius 1 is 0.909 bits per heavy atom. The van der Waals surface area contributed by atoms with E-state index in [9.17, 15) is 28.8 Å². The number of carbonyl (C=O) groups is 6. The lowest BCUT2D eigenvalue weighted by molar-refractivity contribution is -0.142. The van der Waals surface area contributed by atoms with Crippen molar-refractivity contribution >= 4 is 41.2 Å². The van der Waals surface area contributed by atoms with Crippen molar-refractivity contribution in [3.63, 3.8) is 0 Å². The molecule has 5 amide bonds. The van der Waals surface area contributed by atoms with E-state index in [0.717, 1.165) is 22.6 Å². The number of rotatable bonds is 10. The van der Waals surface area contributed by atoms with Crippen molar-refractivity contribution in [1.82, 2.24) is 15.5 Å². The van der Waals surface area contributed by atoms with Gasteiger partial charge in [-0.15, -0.1) is 0 Å². The van der Waals surface area contributed by atoms with Gasteiger partial charge >= 0.3 is 5.97 Å². The fourth-order valence-corrected chi connectivity index (χ4v) is 2.77. The summed E-state index contributed by atoms with van der Waals surface area (Å²) < 4.78 is 4.89. The Hall–Kier alpha value is -4.02. The molecule has 0 saturated carbocycles. The van der Waals surface area contributed by atoms with Crippen molar-refractivity contribution in [3.8, 4) is 0 Å². The Balaban J connectivity index is 1.75.